The number of carbonyl (C=O) groups excluding carboxylic acids is 2. The molecule has 1 saturated heterocycles. The zero-order valence-electron chi connectivity index (χ0n) is 24.5. The number of nitrogens with one attached hydrogen (secondary N) is 1. The summed E-state index contributed by atoms with van der Waals surface area (Å²) in [6.45, 7) is 9.21. The maximum Gasteiger partial charge on any atom is 0.410 e. The van der Waals surface area contributed by atoms with E-state index in [0.29, 0.717) is 43.8 Å². The van der Waals surface area contributed by atoms with Gasteiger partial charge in [0, 0.05) is 43.7 Å². The molecule has 3 aromatic carbocycles. The topological polar surface area (TPSA) is 101 Å². The van der Waals surface area contributed by atoms with E-state index >= 15 is 0 Å². The summed E-state index contributed by atoms with van der Waals surface area (Å²) < 4.78 is 16.9. The van der Waals surface area contributed by atoms with Crippen LogP contribution in [-0.4, -0.2) is 48.4 Å². The van der Waals surface area contributed by atoms with E-state index in [0.717, 1.165) is 27.6 Å². The van der Waals surface area contributed by atoms with Gasteiger partial charge in [0.15, 0.2) is 0 Å². The van der Waals surface area contributed by atoms with Crippen LogP contribution in [0.3, 0.4) is 0 Å². The summed E-state index contributed by atoms with van der Waals surface area (Å²) in [5, 5.41) is 14.8. The van der Waals surface area contributed by atoms with Crippen molar-refractivity contribution >= 4 is 47.2 Å². The van der Waals surface area contributed by atoms with E-state index in [-0.39, 0.29) is 23.7 Å². The van der Waals surface area contributed by atoms with Gasteiger partial charge in [-0.15, -0.1) is 12.6 Å². The Bertz CT molecular complexity index is 1510. The van der Waals surface area contributed by atoms with Crippen LogP contribution < -0.4 is 10.1 Å². The van der Waals surface area contributed by atoms with Crippen LogP contribution >= 0.6 is 12.6 Å². The van der Waals surface area contributed by atoms with Gasteiger partial charge in [0.05, 0.1) is 23.1 Å². The molecule has 1 amide bonds. The Morgan fingerprint density at radius 3 is 2.50 bits per heavy atom. The van der Waals surface area contributed by atoms with Gasteiger partial charge in [-0.3, -0.25) is 0 Å². The maximum absolute atomic E-state index is 12.4. The van der Waals surface area contributed by atoms with Crippen LogP contribution in [0.4, 0.5) is 10.5 Å². The molecule has 0 bridgehead atoms. The smallest absolute Gasteiger partial charge is 0.410 e. The molecule has 4 rings (SSSR count). The Morgan fingerprint density at radius 2 is 1.81 bits per heavy atom. The largest absolute Gasteiger partial charge is 0.490 e. The van der Waals surface area contributed by atoms with Crippen molar-refractivity contribution in [3.63, 3.8) is 0 Å². The van der Waals surface area contributed by atoms with Gasteiger partial charge in [0.25, 0.3) is 0 Å². The first-order chi connectivity index (χ1) is 20.0. The lowest BCUT2D eigenvalue weighted by atomic mass is 10.0. The number of nitrogens with zero attached hydrogens (tertiary/aromatic N) is 2. The third-order valence-corrected chi connectivity index (χ3v) is 7.02. The Hall–Kier alpha value is -4.16. The molecule has 0 aromatic heterocycles. The average molecular weight is 588 g/mol. The van der Waals surface area contributed by atoms with Crippen molar-refractivity contribution in [3.05, 3.63) is 76.2 Å². The monoisotopic (exact) mass is 587 g/mol. The van der Waals surface area contributed by atoms with Crippen LogP contribution in [0, 0.1) is 11.3 Å². The summed E-state index contributed by atoms with van der Waals surface area (Å²) in [5.41, 5.74) is 2.65. The number of ether oxygens (including phenoxy) is 3. The molecule has 8 nitrogen and oxygen atoms in total. The second-order valence-electron chi connectivity index (χ2n) is 11.1. The number of fused-ring (bicyclic) bond motifs is 1. The normalized spacial score (nSPS) is 14.3. The molecular weight excluding hydrogens is 550 g/mol. The summed E-state index contributed by atoms with van der Waals surface area (Å²) >= 11 is 4.38. The quantitative estimate of drug-likeness (QED) is 0.167. The summed E-state index contributed by atoms with van der Waals surface area (Å²) in [7, 11) is 0. The molecule has 1 fully saturated rings. The van der Waals surface area contributed by atoms with Gasteiger partial charge in [-0.2, -0.15) is 5.26 Å². The van der Waals surface area contributed by atoms with Crippen molar-refractivity contribution in [2.24, 2.45) is 0 Å². The molecule has 0 unspecified atom stereocenters. The minimum atomic E-state index is -0.533. The zero-order valence-corrected chi connectivity index (χ0v) is 25.4. The van der Waals surface area contributed by atoms with Crippen molar-refractivity contribution in [1.29, 1.82) is 5.26 Å². The third kappa shape index (κ3) is 8.43. The molecule has 9 heteroatoms. The van der Waals surface area contributed by atoms with Gasteiger partial charge in [-0.05, 0) is 86.5 Å². The number of carbonyl (C=O) groups is 2. The highest BCUT2D eigenvalue weighted by Crippen LogP contribution is 2.29. The number of anilines is 1. The molecule has 0 saturated carbocycles. The van der Waals surface area contributed by atoms with E-state index in [4.69, 9.17) is 14.2 Å². The van der Waals surface area contributed by atoms with Gasteiger partial charge >= 0.3 is 12.1 Å². The predicted molar refractivity (Wildman–Crippen MR) is 167 cm³/mol. The Labute approximate surface area is 252 Å². The maximum atomic E-state index is 12.4. The fraction of sp³-hybridized carbons (Fsp3) is 0.364. The molecule has 220 valence electrons. The number of benzene rings is 3. The molecule has 0 aliphatic carbocycles. The number of nitriles is 1. The fourth-order valence-electron chi connectivity index (χ4n) is 4.65. The van der Waals surface area contributed by atoms with Gasteiger partial charge < -0.3 is 24.4 Å². The predicted octanol–water partition coefficient (Wildman–Crippen LogP) is 6.94. The van der Waals surface area contributed by atoms with Crippen LogP contribution in [0.1, 0.15) is 57.2 Å². The fourth-order valence-corrected chi connectivity index (χ4v) is 4.86. The summed E-state index contributed by atoms with van der Waals surface area (Å²) in [5.74, 6) is 0.151. The highest BCUT2D eigenvalue weighted by Gasteiger charge is 2.27. The minimum Gasteiger partial charge on any atom is -0.490 e. The van der Waals surface area contributed by atoms with Crippen molar-refractivity contribution in [1.82, 2.24) is 4.90 Å². The Morgan fingerprint density at radius 1 is 1.07 bits per heavy atom. The van der Waals surface area contributed by atoms with Gasteiger partial charge in [0.2, 0.25) is 0 Å². The van der Waals surface area contributed by atoms with E-state index in [2.05, 4.69) is 30.1 Å². The molecule has 0 radical (unpaired) electrons. The van der Waals surface area contributed by atoms with E-state index in [1.165, 1.54) is 0 Å². The number of likely N-dealkylation sites (tertiary alicyclic amines) is 1. The summed E-state index contributed by atoms with van der Waals surface area (Å²) in [6.07, 6.45) is 2.67. The first-order valence-corrected chi connectivity index (χ1v) is 14.5. The standard InChI is InChI=1S/C33H37N3O5S/c1-5-39-31(37)30(42)19-26-18-28(40-27-12-14-36(15-13-27)32(38)41-33(2,3)4)10-11-29(26)35-21-23-7-9-24-8-6-22(20-34)16-25(24)17-23/h6-11,16-19,27,35,42H,5,12-15,21H2,1-4H3/b30-19-. The van der Waals surface area contributed by atoms with Crippen LogP contribution in [0.15, 0.2) is 59.5 Å². The van der Waals surface area contributed by atoms with Crippen molar-refractivity contribution in [2.45, 2.75) is 58.8 Å². The number of rotatable bonds is 8. The summed E-state index contributed by atoms with van der Waals surface area (Å²) in [6, 6.07) is 19.6. The second kappa shape index (κ2) is 13.7. The Kier molecular flexibility index (Phi) is 10.0. The molecule has 0 spiro atoms. The number of thiol groups is 1. The number of amides is 1. The highest BCUT2D eigenvalue weighted by molar-refractivity contribution is 7.85. The summed E-state index contributed by atoms with van der Waals surface area (Å²) in [4.78, 5) is 26.6. The zero-order chi connectivity index (χ0) is 30.3. The molecule has 42 heavy (non-hydrogen) atoms. The van der Waals surface area contributed by atoms with E-state index < -0.39 is 11.6 Å². The van der Waals surface area contributed by atoms with Crippen LogP contribution in [-0.2, 0) is 20.8 Å². The van der Waals surface area contributed by atoms with Crippen LogP contribution in [0.25, 0.3) is 16.8 Å². The Balaban J connectivity index is 1.49. The van der Waals surface area contributed by atoms with Crippen molar-refractivity contribution < 1.29 is 23.8 Å². The number of hydrogen-bond acceptors (Lipinski definition) is 8. The lowest BCUT2D eigenvalue weighted by Gasteiger charge is -2.33. The molecule has 0 atom stereocenters. The number of esters is 1. The number of hydrogen-bond donors (Lipinski definition) is 2. The molecular formula is C33H37N3O5S. The molecule has 1 heterocycles. The van der Waals surface area contributed by atoms with Crippen LogP contribution in [0.5, 0.6) is 5.75 Å². The number of piperidine rings is 1. The first-order valence-electron chi connectivity index (χ1n) is 14.1. The van der Waals surface area contributed by atoms with Gasteiger partial charge in [0.1, 0.15) is 17.5 Å². The second-order valence-corrected chi connectivity index (χ2v) is 11.6. The van der Waals surface area contributed by atoms with Crippen LogP contribution in [0.2, 0.25) is 0 Å². The molecule has 1 aliphatic heterocycles. The third-order valence-electron chi connectivity index (χ3n) is 6.71. The average Bonchev–Trinajstić information content (AvgIpc) is 2.96. The minimum absolute atomic E-state index is 0.0595. The van der Waals surface area contributed by atoms with Crippen molar-refractivity contribution in [3.8, 4) is 11.8 Å². The van der Waals surface area contributed by atoms with E-state index in [1.807, 2.05) is 69.3 Å². The van der Waals surface area contributed by atoms with Crippen molar-refractivity contribution in [2.75, 3.05) is 25.0 Å². The lowest BCUT2D eigenvalue weighted by Crippen LogP contribution is -2.44. The first kappa shape index (κ1) is 30.8. The SMILES string of the molecule is CCOC(=O)/C(S)=C/c1cc(OC2CCN(C(=O)OC(C)(C)C)CC2)ccc1NCc1ccc2ccc(C#N)cc2c1. The van der Waals surface area contributed by atoms with Gasteiger partial charge in [-0.25, -0.2) is 9.59 Å². The lowest BCUT2D eigenvalue weighted by molar-refractivity contribution is -0.137. The molecule has 1 N–H and O–H groups in total. The highest BCUT2D eigenvalue weighted by atomic mass is 32.1. The van der Waals surface area contributed by atoms with E-state index in [9.17, 15) is 14.9 Å². The molecule has 1 aliphatic rings. The van der Waals surface area contributed by atoms with E-state index in [1.54, 1.807) is 17.9 Å². The van der Waals surface area contributed by atoms with Gasteiger partial charge in [-0.1, -0.05) is 18.2 Å². The molecule has 3 aromatic rings.